The van der Waals surface area contributed by atoms with Gasteiger partial charge < -0.3 is 10.6 Å². The SMILES string of the molecule is CCc1cc(NC(=O)CNC(C)(C)C)n[nH]1. The van der Waals surface area contributed by atoms with E-state index in [1.165, 1.54) is 0 Å². The molecular formula is C11H20N4O. The third-order valence-corrected chi connectivity index (χ3v) is 2.06. The van der Waals surface area contributed by atoms with Gasteiger partial charge in [-0.2, -0.15) is 5.10 Å². The number of anilines is 1. The lowest BCUT2D eigenvalue weighted by Gasteiger charge is -2.19. The molecule has 0 aliphatic heterocycles. The van der Waals surface area contributed by atoms with Crippen LogP contribution in [0.15, 0.2) is 6.07 Å². The van der Waals surface area contributed by atoms with E-state index in [0.717, 1.165) is 12.1 Å². The molecule has 0 atom stereocenters. The second kappa shape index (κ2) is 5.12. The maximum Gasteiger partial charge on any atom is 0.239 e. The molecule has 0 aliphatic carbocycles. The van der Waals surface area contributed by atoms with E-state index in [1.807, 2.05) is 33.8 Å². The molecule has 0 fully saturated rings. The number of H-pyrrole nitrogens is 1. The van der Waals surface area contributed by atoms with Crippen molar-refractivity contribution in [3.05, 3.63) is 11.8 Å². The van der Waals surface area contributed by atoms with Gasteiger partial charge in [0.25, 0.3) is 0 Å². The molecule has 1 aromatic rings. The molecule has 16 heavy (non-hydrogen) atoms. The van der Waals surface area contributed by atoms with Crippen molar-refractivity contribution in [2.24, 2.45) is 0 Å². The zero-order chi connectivity index (χ0) is 12.2. The lowest BCUT2D eigenvalue weighted by atomic mass is 10.1. The number of rotatable bonds is 4. The molecule has 0 aromatic carbocycles. The monoisotopic (exact) mass is 224 g/mol. The van der Waals surface area contributed by atoms with Crippen molar-refractivity contribution in [1.29, 1.82) is 0 Å². The van der Waals surface area contributed by atoms with Crippen molar-refractivity contribution in [2.45, 2.75) is 39.7 Å². The number of carbonyl (C=O) groups is 1. The summed E-state index contributed by atoms with van der Waals surface area (Å²) in [7, 11) is 0. The van der Waals surface area contributed by atoms with E-state index in [1.54, 1.807) is 0 Å². The first-order valence-electron chi connectivity index (χ1n) is 5.50. The van der Waals surface area contributed by atoms with Crippen LogP contribution in [0.5, 0.6) is 0 Å². The summed E-state index contributed by atoms with van der Waals surface area (Å²) in [5.74, 6) is 0.502. The summed E-state index contributed by atoms with van der Waals surface area (Å²) in [6.07, 6.45) is 0.878. The molecule has 1 aromatic heterocycles. The van der Waals surface area contributed by atoms with Crippen LogP contribution in [-0.4, -0.2) is 28.2 Å². The minimum Gasteiger partial charge on any atom is -0.308 e. The van der Waals surface area contributed by atoms with Crippen LogP contribution in [0.1, 0.15) is 33.4 Å². The van der Waals surface area contributed by atoms with Gasteiger partial charge in [-0.25, -0.2) is 0 Å². The van der Waals surface area contributed by atoms with Crippen LogP contribution in [0, 0.1) is 0 Å². The van der Waals surface area contributed by atoms with Gasteiger partial charge in [-0.1, -0.05) is 6.92 Å². The Kier molecular flexibility index (Phi) is 4.06. The summed E-state index contributed by atoms with van der Waals surface area (Å²) in [5, 5.41) is 12.7. The molecule has 0 unspecified atom stereocenters. The van der Waals surface area contributed by atoms with E-state index >= 15 is 0 Å². The van der Waals surface area contributed by atoms with Crippen LogP contribution in [-0.2, 0) is 11.2 Å². The molecule has 90 valence electrons. The number of carbonyl (C=O) groups excluding carboxylic acids is 1. The Morgan fingerprint density at radius 1 is 1.50 bits per heavy atom. The van der Waals surface area contributed by atoms with E-state index in [0.29, 0.717) is 5.82 Å². The number of aromatic amines is 1. The first kappa shape index (κ1) is 12.7. The van der Waals surface area contributed by atoms with E-state index in [-0.39, 0.29) is 18.0 Å². The minimum absolute atomic E-state index is 0.0580. The highest BCUT2D eigenvalue weighted by atomic mass is 16.2. The second-order valence-electron chi connectivity index (χ2n) is 4.78. The van der Waals surface area contributed by atoms with Gasteiger partial charge in [0.2, 0.25) is 5.91 Å². The van der Waals surface area contributed by atoms with Gasteiger partial charge in [0.05, 0.1) is 6.54 Å². The average Bonchev–Trinajstić information content (AvgIpc) is 2.61. The first-order chi connectivity index (χ1) is 7.40. The fourth-order valence-electron chi connectivity index (χ4n) is 1.14. The summed E-state index contributed by atoms with van der Waals surface area (Å²) in [6.45, 7) is 8.37. The standard InChI is InChI=1S/C11H20N4O/c1-5-8-6-9(15-14-8)13-10(16)7-12-11(2,3)4/h6,12H,5,7H2,1-4H3,(H2,13,14,15,16). The second-order valence-corrected chi connectivity index (χ2v) is 4.78. The van der Waals surface area contributed by atoms with Crippen LogP contribution in [0.3, 0.4) is 0 Å². The largest absolute Gasteiger partial charge is 0.308 e. The predicted octanol–water partition coefficient (Wildman–Crippen LogP) is 1.30. The lowest BCUT2D eigenvalue weighted by molar-refractivity contribution is -0.115. The van der Waals surface area contributed by atoms with Crippen LogP contribution in [0.4, 0.5) is 5.82 Å². The van der Waals surface area contributed by atoms with Crippen molar-refractivity contribution in [2.75, 3.05) is 11.9 Å². The summed E-state index contributed by atoms with van der Waals surface area (Å²) in [6, 6.07) is 1.84. The zero-order valence-corrected chi connectivity index (χ0v) is 10.3. The molecule has 1 amide bonds. The van der Waals surface area contributed by atoms with Crippen LogP contribution in [0.2, 0.25) is 0 Å². The zero-order valence-electron chi connectivity index (χ0n) is 10.3. The Morgan fingerprint density at radius 3 is 2.69 bits per heavy atom. The fraction of sp³-hybridized carbons (Fsp3) is 0.636. The predicted molar refractivity (Wildman–Crippen MR) is 64.4 cm³/mol. The van der Waals surface area contributed by atoms with Gasteiger partial charge in [-0.3, -0.25) is 9.89 Å². The quantitative estimate of drug-likeness (QED) is 0.722. The van der Waals surface area contributed by atoms with Crippen molar-refractivity contribution < 1.29 is 4.79 Å². The molecule has 0 saturated carbocycles. The molecule has 0 aliphatic rings. The normalized spacial score (nSPS) is 11.5. The Hall–Kier alpha value is -1.36. The third kappa shape index (κ3) is 4.44. The number of nitrogens with one attached hydrogen (secondary N) is 3. The minimum atomic E-state index is -0.0796. The van der Waals surface area contributed by atoms with Gasteiger partial charge in [-0.15, -0.1) is 0 Å². The fourth-order valence-corrected chi connectivity index (χ4v) is 1.14. The topological polar surface area (TPSA) is 69.8 Å². The van der Waals surface area contributed by atoms with Gasteiger partial charge in [0.15, 0.2) is 5.82 Å². The number of amides is 1. The molecule has 5 heteroatoms. The molecule has 1 heterocycles. The van der Waals surface area contributed by atoms with E-state index in [2.05, 4.69) is 20.8 Å². The Balaban J connectivity index is 2.40. The molecule has 3 N–H and O–H groups in total. The molecular weight excluding hydrogens is 204 g/mol. The number of hydrogen-bond acceptors (Lipinski definition) is 3. The molecule has 0 spiro atoms. The Labute approximate surface area is 96.0 Å². The van der Waals surface area contributed by atoms with Crippen LogP contribution < -0.4 is 10.6 Å². The van der Waals surface area contributed by atoms with Gasteiger partial charge in [0.1, 0.15) is 0 Å². The first-order valence-corrected chi connectivity index (χ1v) is 5.50. The van der Waals surface area contributed by atoms with Crippen molar-refractivity contribution >= 4 is 11.7 Å². The summed E-state index contributed by atoms with van der Waals surface area (Å²) >= 11 is 0. The highest BCUT2D eigenvalue weighted by molar-refractivity contribution is 5.91. The Bertz CT molecular complexity index is 351. The van der Waals surface area contributed by atoms with Gasteiger partial charge in [0, 0.05) is 17.3 Å². The molecule has 1 rings (SSSR count). The van der Waals surface area contributed by atoms with Crippen LogP contribution >= 0.6 is 0 Å². The number of nitrogens with zero attached hydrogens (tertiary/aromatic N) is 1. The highest BCUT2D eigenvalue weighted by Crippen LogP contribution is 2.05. The molecule has 0 saturated heterocycles. The number of hydrogen-bond donors (Lipinski definition) is 3. The van der Waals surface area contributed by atoms with Crippen molar-refractivity contribution in [3.8, 4) is 0 Å². The molecule has 5 nitrogen and oxygen atoms in total. The van der Waals surface area contributed by atoms with Gasteiger partial charge >= 0.3 is 0 Å². The average molecular weight is 224 g/mol. The highest BCUT2D eigenvalue weighted by Gasteiger charge is 2.11. The van der Waals surface area contributed by atoms with E-state index in [4.69, 9.17) is 0 Å². The van der Waals surface area contributed by atoms with E-state index < -0.39 is 0 Å². The number of aryl methyl sites for hydroxylation is 1. The Morgan fingerprint density at radius 2 is 2.19 bits per heavy atom. The lowest BCUT2D eigenvalue weighted by Crippen LogP contribution is -2.41. The number of aromatic nitrogens is 2. The van der Waals surface area contributed by atoms with Crippen molar-refractivity contribution in [3.63, 3.8) is 0 Å². The molecule has 0 radical (unpaired) electrons. The molecule has 0 bridgehead atoms. The maximum atomic E-state index is 11.5. The maximum absolute atomic E-state index is 11.5. The smallest absolute Gasteiger partial charge is 0.239 e. The summed E-state index contributed by atoms with van der Waals surface area (Å²) < 4.78 is 0. The van der Waals surface area contributed by atoms with Crippen molar-refractivity contribution in [1.82, 2.24) is 15.5 Å². The summed E-state index contributed by atoms with van der Waals surface area (Å²) in [4.78, 5) is 11.5. The van der Waals surface area contributed by atoms with Crippen LogP contribution in [0.25, 0.3) is 0 Å². The summed E-state index contributed by atoms with van der Waals surface area (Å²) in [5.41, 5.74) is 0.955. The van der Waals surface area contributed by atoms with E-state index in [9.17, 15) is 4.79 Å². The third-order valence-electron chi connectivity index (χ3n) is 2.06. The van der Waals surface area contributed by atoms with Gasteiger partial charge in [-0.05, 0) is 27.2 Å².